The van der Waals surface area contributed by atoms with Crippen molar-refractivity contribution in [3.05, 3.63) is 35.6 Å². The van der Waals surface area contributed by atoms with Gasteiger partial charge in [-0.25, -0.2) is 4.39 Å². The van der Waals surface area contributed by atoms with E-state index in [0.717, 1.165) is 38.8 Å². The quantitative estimate of drug-likeness (QED) is 0.382. The van der Waals surface area contributed by atoms with E-state index in [1.54, 1.807) is 18.2 Å². The molecule has 0 bridgehead atoms. The van der Waals surface area contributed by atoms with Crippen LogP contribution in [0, 0.1) is 17.7 Å². The van der Waals surface area contributed by atoms with E-state index in [1.165, 1.54) is 31.7 Å². The Morgan fingerprint density at radius 3 is 1.85 bits per heavy atom. The molecule has 1 aromatic carbocycles. The third-order valence-electron chi connectivity index (χ3n) is 5.44. The van der Waals surface area contributed by atoms with Crippen LogP contribution in [0.3, 0.4) is 0 Å². The maximum absolute atomic E-state index is 14.2. The Balaban J connectivity index is 2.95. The van der Waals surface area contributed by atoms with Gasteiger partial charge in [0, 0.05) is 13.1 Å². The molecule has 2 atom stereocenters. The normalized spacial score (nSPS) is 13.4. The first kappa shape index (κ1) is 22.7. The lowest BCUT2D eigenvalue weighted by Gasteiger charge is -2.31. The molecule has 1 rings (SSSR count). The second kappa shape index (κ2) is 12.9. The molecule has 0 saturated heterocycles. The van der Waals surface area contributed by atoms with Crippen molar-refractivity contribution in [1.82, 2.24) is 4.90 Å². The minimum absolute atomic E-state index is 0.145. The van der Waals surface area contributed by atoms with Crippen molar-refractivity contribution >= 4 is 5.91 Å². The fourth-order valence-corrected chi connectivity index (χ4v) is 3.50. The Kier molecular flexibility index (Phi) is 11.2. The van der Waals surface area contributed by atoms with Crippen LogP contribution in [0.4, 0.5) is 4.39 Å². The molecular weight excluding hydrogens is 325 g/mol. The number of carbonyl (C=O) groups excluding carboxylic acids is 1. The third-order valence-corrected chi connectivity index (χ3v) is 5.44. The molecule has 0 saturated carbocycles. The second-order valence-electron chi connectivity index (χ2n) is 7.52. The van der Waals surface area contributed by atoms with Crippen LogP contribution in [0.25, 0.3) is 0 Å². The van der Waals surface area contributed by atoms with Crippen molar-refractivity contribution in [2.45, 2.75) is 79.1 Å². The van der Waals surface area contributed by atoms with Gasteiger partial charge in [0.15, 0.2) is 0 Å². The second-order valence-corrected chi connectivity index (χ2v) is 7.52. The van der Waals surface area contributed by atoms with Crippen molar-refractivity contribution in [3.8, 4) is 0 Å². The summed E-state index contributed by atoms with van der Waals surface area (Å²) in [5.41, 5.74) is 0.211. The van der Waals surface area contributed by atoms with Gasteiger partial charge in [0.25, 0.3) is 5.91 Å². The Morgan fingerprint density at radius 2 is 1.42 bits per heavy atom. The number of hydrogen-bond acceptors (Lipinski definition) is 1. The van der Waals surface area contributed by atoms with Crippen LogP contribution < -0.4 is 0 Å². The van der Waals surface area contributed by atoms with E-state index in [2.05, 4.69) is 27.7 Å². The highest BCUT2D eigenvalue weighted by Gasteiger charge is 2.24. The molecule has 0 aliphatic carbocycles. The highest BCUT2D eigenvalue weighted by Crippen LogP contribution is 2.21. The van der Waals surface area contributed by atoms with Crippen molar-refractivity contribution in [1.29, 1.82) is 0 Å². The first-order valence-electron chi connectivity index (χ1n) is 10.6. The molecule has 0 N–H and O–H groups in total. The molecule has 2 nitrogen and oxygen atoms in total. The maximum atomic E-state index is 14.2. The standard InChI is InChI=1S/C23H38FNO/c1-5-9-13-19(7-3)17-25(18-20(8-4)14-10-6-2)23(26)21-15-11-12-16-22(21)24/h11-12,15-16,19-20H,5-10,13-14,17-18H2,1-4H3. The van der Waals surface area contributed by atoms with Gasteiger partial charge in [-0.05, 0) is 36.8 Å². The number of hydrogen-bond donors (Lipinski definition) is 0. The van der Waals surface area contributed by atoms with E-state index in [1.807, 2.05) is 4.90 Å². The number of amides is 1. The zero-order chi connectivity index (χ0) is 19.4. The molecule has 0 radical (unpaired) electrons. The molecule has 0 aromatic heterocycles. The smallest absolute Gasteiger partial charge is 0.256 e. The largest absolute Gasteiger partial charge is 0.338 e. The summed E-state index contributed by atoms with van der Waals surface area (Å²) < 4.78 is 14.2. The molecule has 148 valence electrons. The van der Waals surface area contributed by atoms with Gasteiger partial charge in [0.05, 0.1) is 5.56 Å². The molecule has 3 heteroatoms. The van der Waals surface area contributed by atoms with Crippen LogP contribution in [0.1, 0.15) is 89.4 Å². The van der Waals surface area contributed by atoms with Crippen LogP contribution in [-0.4, -0.2) is 23.9 Å². The molecule has 0 aliphatic heterocycles. The third kappa shape index (κ3) is 7.47. The summed E-state index contributed by atoms with van der Waals surface area (Å²) in [6.45, 7) is 10.3. The first-order chi connectivity index (χ1) is 12.6. The van der Waals surface area contributed by atoms with E-state index in [4.69, 9.17) is 0 Å². The summed E-state index contributed by atoms with van der Waals surface area (Å²) in [6, 6.07) is 6.39. The lowest BCUT2D eigenvalue weighted by molar-refractivity contribution is 0.0680. The van der Waals surface area contributed by atoms with Gasteiger partial charge in [0.1, 0.15) is 5.82 Å². The Labute approximate surface area is 160 Å². The number of unbranched alkanes of at least 4 members (excludes halogenated alkanes) is 2. The number of nitrogens with zero attached hydrogens (tertiary/aromatic N) is 1. The summed E-state index contributed by atoms with van der Waals surface area (Å²) in [5.74, 6) is 0.433. The lowest BCUT2D eigenvalue weighted by Crippen LogP contribution is -2.39. The molecule has 0 fully saturated rings. The lowest BCUT2D eigenvalue weighted by atomic mass is 9.95. The van der Waals surface area contributed by atoms with E-state index in [9.17, 15) is 9.18 Å². The van der Waals surface area contributed by atoms with Crippen LogP contribution in [0.15, 0.2) is 24.3 Å². The average Bonchev–Trinajstić information content (AvgIpc) is 2.66. The van der Waals surface area contributed by atoms with E-state index in [-0.39, 0.29) is 11.5 Å². The Hall–Kier alpha value is -1.38. The van der Waals surface area contributed by atoms with Crippen molar-refractivity contribution in [2.75, 3.05) is 13.1 Å². The van der Waals surface area contributed by atoms with E-state index >= 15 is 0 Å². The van der Waals surface area contributed by atoms with Crippen molar-refractivity contribution in [2.24, 2.45) is 11.8 Å². The zero-order valence-corrected chi connectivity index (χ0v) is 17.3. The summed E-state index contributed by atoms with van der Waals surface area (Å²) in [6.07, 6.45) is 9.12. The fraction of sp³-hybridized carbons (Fsp3) is 0.696. The molecule has 26 heavy (non-hydrogen) atoms. The Morgan fingerprint density at radius 1 is 0.923 bits per heavy atom. The SMILES string of the molecule is CCCCC(CC)CN(CC(CC)CCCC)C(=O)c1ccccc1F. The van der Waals surface area contributed by atoms with Crippen molar-refractivity contribution < 1.29 is 9.18 Å². The maximum Gasteiger partial charge on any atom is 0.256 e. The summed E-state index contributed by atoms with van der Waals surface area (Å²) in [4.78, 5) is 15.0. The number of rotatable bonds is 13. The van der Waals surface area contributed by atoms with Gasteiger partial charge in [-0.3, -0.25) is 4.79 Å². The highest BCUT2D eigenvalue weighted by atomic mass is 19.1. The Bertz CT molecular complexity index is 499. The molecule has 0 heterocycles. The predicted octanol–water partition coefficient (Wildman–Crippen LogP) is 6.70. The minimum Gasteiger partial charge on any atom is -0.338 e. The van der Waals surface area contributed by atoms with Crippen LogP contribution >= 0.6 is 0 Å². The van der Waals surface area contributed by atoms with Gasteiger partial charge < -0.3 is 4.90 Å². The number of benzene rings is 1. The number of halogens is 1. The van der Waals surface area contributed by atoms with Gasteiger partial charge in [-0.1, -0.05) is 78.4 Å². The topological polar surface area (TPSA) is 20.3 Å². The fourth-order valence-electron chi connectivity index (χ4n) is 3.50. The predicted molar refractivity (Wildman–Crippen MR) is 109 cm³/mol. The molecule has 2 unspecified atom stereocenters. The van der Waals surface area contributed by atoms with E-state index < -0.39 is 5.82 Å². The van der Waals surface area contributed by atoms with Gasteiger partial charge in [-0.15, -0.1) is 0 Å². The summed E-state index contributed by atoms with van der Waals surface area (Å²) >= 11 is 0. The molecule has 1 aromatic rings. The highest BCUT2D eigenvalue weighted by molar-refractivity contribution is 5.94. The minimum atomic E-state index is -0.411. The summed E-state index contributed by atoms with van der Waals surface area (Å²) in [7, 11) is 0. The first-order valence-corrected chi connectivity index (χ1v) is 10.6. The van der Waals surface area contributed by atoms with Crippen molar-refractivity contribution in [3.63, 3.8) is 0 Å². The molecular formula is C23H38FNO. The number of carbonyl (C=O) groups is 1. The average molecular weight is 364 g/mol. The van der Waals surface area contributed by atoms with E-state index in [0.29, 0.717) is 11.8 Å². The van der Waals surface area contributed by atoms with Crippen LogP contribution in [-0.2, 0) is 0 Å². The summed E-state index contributed by atoms with van der Waals surface area (Å²) in [5, 5.41) is 0. The van der Waals surface area contributed by atoms with Crippen LogP contribution in [0.2, 0.25) is 0 Å². The van der Waals surface area contributed by atoms with Gasteiger partial charge in [-0.2, -0.15) is 0 Å². The van der Waals surface area contributed by atoms with Crippen LogP contribution in [0.5, 0.6) is 0 Å². The monoisotopic (exact) mass is 363 g/mol. The molecule has 0 spiro atoms. The zero-order valence-electron chi connectivity index (χ0n) is 17.3. The van der Waals surface area contributed by atoms with Gasteiger partial charge in [0.2, 0.25) is 0 Å². The van der Waals surface area contributed by atoms with Gasteiger partial charge >= 0.3 is 0 Å². The molecule has 0 aliphatic rings. The molecule has 1 amide bonds.